The van der Waals surface area contributed by atoms with Crippen molar-refractivity contribution in [1.82, 2.24) is 0 Å². The number of benzene rings is 3. The Kier molecular flexibility index (Phi) is 7.96. The predicted octanol–water partition coefficient (Wildman–Crippen LogP) is 9.04. The normalized spacial score (nSPS) is 12.5. The highest BCUT2D eigenvalue weighted by molar-refractivity contribution is 7.98. The highest BCUT2D eigenvalue weighted by atomic mass is 35.5. The number of para-hydroxylation sites is 1. The van der Waals surface area contributed by atoms with Gasteiger partial charge in [0, 0.05) is 33.0 Å². The van der Waals surface area contributed by atoms with Crippen LogP contribution in [-0.2, 0) is 16.6 Å². The van der Waals surface area contributed by atoms with Crippen LogP contribution in [0.15, 0.2) is 58.4 Å². The zero-order valence-corrected chi connectivity index (χ0v) is 22.7. The molecule has 0 unspecified atom stereocenters. The molecular weight excluding hydrogens is 485 g/mol. The number of rotatable bonds is 5. The van der Waals surface area contributed by atoms with Gasteiger partial charge in [0.1, 0.15) is 11.5 Å². The summed E-state index contributed by atoms with van der Waals surface area (Å²) >= 11 is 13.7. The van der Waals surface area contributed by atoms with Crippen LogP contribution in [-0.4, -0.2) is 16.4 Å². The van der Waals surface area contributed by atoms with Crippen LogP contribution >= 0.6 is 35.0 Å². The first-order chi connectivity index (χ1) is 15.8. The Bertz CT molecular complexity index is 1220. The van der Waals surface area contributed by atoms with Crippen LogP contribution in [0.3, 0.4) is 0 Å². The summed E-state index contributed by atoms with van der Waals surface area (Å²) in [5.74, 6) is 0.894. The minimum atomic E-state index is -0.173. The summed E-state index contributed by atoms with van der Waals surface area (Å²) in [4.78, 5) is 5.54. The number of halogens is 2. The second kappa shape index (κ2) is 10.2. The van der Waals surface area contributed by atoms with Crippen LogP contribution in [0.25, 0.3) is 0 Å². The third-order valence-corrected chi connectivity index (χ3v) is 7.13. The lowest BCUT2D eigenvalue weighted by molar-refractivity contribution is 0.440. The fourth-order valence-electron chi connectivity index (χ4n) is 3.47. The first kappa shape index (κ1) is 26.5. The first-order valence-corrected chi connectivity index (χ1v) is 12.8. The summed E-state index contributed by atoms with van der Waals surface area (Å²) < 4.78 is 0. The Balaban J connectivity index is 1.93. The van der Waals surface area contributed by atoms with Gasteiger partial charge in [0.25, 0.3) is 0 Å². The number of aromatic hydroxyl groups is 2. The van der Waals surface area contributed by atoms with Gasteiger partial charge in [-0.05, 0) is 46.2 Å². The average molecular weight is 517 g/mol. The van der Waals surface area contributed by atoms with Gasteiger partial charge in [0.05, 0.1) is 10.7 Å². The lowest BCUT2D eigenvalue weighted by atomic mass is 9.79. The Morgan fingerprint density at radius 2 is 1.56 bits per heavy atom. The number of thioether (sulfide) groups is 1. The molecule has 180 valence electrons. The van der Waals surface area contributed by atoms with Crippen LogP contribution in [0.1, 0.15) is 63.8 Å². The van der Waals surface area contributed by atoms with E-state index in [-0.39, 0.29) is 21.6 Å². The van der Waals surface area contributed by atoms with Crippen LogP contribution in [0.4, 0.5) is 5.69 Å². The van der Waals surface area contributed by atoms with Crippen molar-refractivity contribution >= 4 is 46.9 Å². The van der Waals surface area contributed by atoms with Crippen LogP contribution in [0.5, 0.6) is 11.5 Å². The van der Waals surface area contributed by atoms with E-state index < -0.39 is 0 Å². The lowest BCUT2D eigenvalue weighted by Crippen LogP contribution is -2.17. The summed E-state index contributed by atoms with van der Waals surface area (Å²) in [6, 6.07) is 15.1. The van der Waals surface area contributed by atoms with Crippen molar-refractivity contribution in [1.29, 1.82) is 0 Å². The molecule has 0 saturated carbocycles. The number of nitrogens with zero attached hydrogens (tertiary/aromatic N) is 1. The molecule has 34 heavy (non-hydrogen) atoms. The Morgan fingerprint density at radius 1 is 0.882 bits per heavy atom. The third kappa shape index (κ3) is 6.29. The summed E-state index contributed by atoms with van der Waals surface area (Å²) in [6.45, 7) is 12.9. The second-order valence-corrected chi connectivity index (χ2v) is 12.2. The third-order valence-electron chi connectivity index (χ3n) is 5.51. The molecule has 0 aromatic heterocycles. The Morgan fingerprint density at radius 3 is 2.21 bits per heavy atom. The topological polar surface area (TPSA) is 52.8 Å². The molecule has 0 atom stereocenters. The maximum absolute atomic E-state index is 11.1. The quantitative estimate of drug-likeness (QED) is 0.263. The smallest absolute Gasteiger partial charge is 0.143 e. The molecule has 3 aromatic carbocycles. The molecule has 0 aliphatic heterocycles. The SMILES string of the molecule is CC(C)(C)c1cc(CSc2ccccc2N=Cc2cc(Cl)cc(Cl)c2O)c(O)c(C(C)(C)C)c1. The zero-order valence-electron chi connectivity index (χ0n) is 20.4. The van der Waals surface area contributed by atoms with Crippen molar-refractivity contribution in [2.45, 2.75) is 63.0 Å². The number of aliphatic imine (C=N–C) groups is 1. The van der Waals surface area contributed by atoms with Gasteiger partial charge in [-0.15, -0.1) is 11.8 Å². The molecule has 0 spiro atoms. The highest BCUT2D eigenvalue weighted by Crippen LogP contribution is 2.41. The number of hydrogen-bond acceptors (Lipinski definition) is 4. The molecule has 0 saturated heterocycles. The van der Waals surface area contributed by atoms with Crippen molar-refractivity contribution in [3.8, 4) is 11.5 Å². The second-order valence-electron chi connectivity index (χ2n) is 10.4. The van der Waals surface area contributed by atoms with Gasteiger partial charge < -0.3 is 10.2 Å². The molecule has 3 nitrogen and oxygen atoms in total. The van der Waals surface area contributed by atoms with Gasteiger partial charge in [-0.1, -0.05) is 89.0 Å². The van der Waals surface area contributed by atoms with Gasteiger partial charge >= 0.3 is 0 Å². The molecule has 0 fully saturated rings. The first-order valence-electron chi connectivity index (χ1n) is 11.1. The predicted molar refractivity (Wildman–Crippen MR) is 147 cm³/mol. The minimum absolute atomic E-state index is 0.0322. The summed E-state index contributed by atoms with van der Waals surface area (Å²) in [5, 5.41) is 21.9. The van der Waals surface area contributed by atoms with Crippen molar-refractivity contribution in [3.63, 3.8) is 0 Å². The number of phenolic OH excluding ortho intramolecular Hbond substituents is 2. The maximum Gasteiger partial charge on any atom is 0.143 e. The van der Waals surface area contributed by atoms with E-state index in [1.807, 2.05) is 24.3 Å². The highest BCUT2D eigenvalue weighted by Gasteiger charge is 2.25. The van der Waals surface area contributed by atoms with Crippen LogP contribution < -0.4 is 0 Å². The van der Waals surface area contributed by atoms with E-state index >= 15 is 0 Å². The molecule has 0 aliphatic carbocycles. The van der Waals surface area contributed by atoms with Crippen LogP contribution in [0.2, 0.25) is 10.0 Å². The zero-order chi connectivity index (χ0) is 25.3. The van der Waals surface area contributed by atoms with Crippen molar-refractivity contribution in [2.75, 3.05) is 0 Å². The number of phenols is 2. The molecule has 0 heterocycles. The fraction of sp³-hybridized carbons (Fsp3) is 0.321. The van der Waals surface area contributed by atoms with Crippen molar-refractivity contribution in [3.05, 3.63) is 80.8 Å². The Hall–Kier alpha value is -2.14. The molecule has 0 bridgehead atoms. The molecule has 3 aromatic rings. The van der Waals surface area contributed by atoms with Crippen molar-refractivity contribution in [2.24, 2.45) is 4.99 Å². The van der Waals surface area contributed by atoms with Crippen LogP contribution in [0, 0.1) is 0 Å². The lowest BCUT2D eigenvalue weighted by Gasteiger charge is -2.27. The largest absolute Gasteiger partial charge is 0.507 e. The van der Waals surface area contributed by atoms with E-state index in [1.165, 1.54) is 11.6 Å². The maximum atomic E-state index is 11.1. The van der Waals surface area contributed by atoms with Gasteiger partial charge in [-0.3, -0.25) is 4.99 Å². The summed E-state index contributed by atoms with van der Waals surface area (Å²) in [5.41, 5.74) is 4.05. The minimum Gasteiger partial charge on any atom is -0.507 e. The fourth-order valence-corrected chi connectivity index (χ4v) is 4.96. The summed E-state index contributed by atoms with van der Waals surface area (Å²) in [6.07, 6.45) is 1.56. The summed E-state index contributed by atoms with van der Waals surface area (Å²) in [7, 11) is 0. The molecular formula is C28H31Cl2NO2S. The van der Waals surface area contributed by atoms with Gasteiger partial charge in [0.15, 0.2) is 0 Å². The van der Waals surface area contributed by atoms with Crippen molar-refractivity contribution < 1.29 is 10.2 Å². The van der Waals surface area contributed by atoms with E-state index in [0.717, 1.165) is 21.7 Å². The molecule has 0 aliphatic rings. The molecule has 0 radical (unpaired) electrons. The van der Waals surface area contributed by atoms with E-state index in [2.05, 4.69) is 58.7 Å². The van der Waals surface area contributed by atoms with Gasteiger partial charge in [0.2, 0.25) is 0 Å². The van der Waals surface area contributed by atoms with Gasteiger partial charge in [-0.2, -0.15) is 0 Å². The van der Waals surface area contributed by atoms with E-state index in [4.69, 9.17) is 23.2 Å². The standard InChI is InChI=1S/C28H31Cl2NO2S/c1-27(2,3)19-11-18(25(32)21(13-19)28(4,5)6)16-34-24-10-8-7-9-23(24)31-15-17-12-20(29)14-22(30)26(17)33/h7-15,32-33H,16H2,1-6H3. The molecule has 3 rings (SSSR count). The molecule has 6 heteroatoms. The molecule has 2 N–H and O–H groups in total. The van der Waals surface area contributed by atoms with Gasteiger partial charge in [-0.25, -0.2) is 0 Å². The Labute approximate surface area is 216 Å². The monoisotopic (exact) mass is 515 g/mol. The molecule has 0 amide bonds. The number of hydrogen-bond donors (Lipinski definition) is 2. The average Bonchev–Trinajstić information content (AvgIpc) is 2.73. The van der Waals surface area contributed by atoms with E-state index in [0.29, 0.717) is 22.1 Å². The van der Waals surface area contributed by atoms with E-state index in [1.54, 1.807) is 24.0 Å². The van der Waals surface area contributed by atoms with E-state index in [9.17, 15) is 10.2 Å².